The van der Waals surface area contributed by atoms with E-state index in [0.29, 0.717) is 30.3 Å². The molecule has 0 rings (SSSR count). The van der Waals surface area contributed by atoms with Crippen molar-refractivity contribution in [2.45, 2.75) is 174 Å². The average Bonchev–Trinajstić information content (AvgIpc) is 3.15. The number of ether oxygens (including phenoxy) is 2. The Bertz CT molecular complexity index is 1140. The molecule has 0 spiro atoms. The van der Waals surface area contributed by atoms with Gasteiger partial charge in [-0.1, -0.05) is 139 Å². The number of carbonyl (C=O) groups is 2. The normalized spacial score (nSPS) is 14.2. The second-order valence-corrected chi connectivity index (χ2v) is 17.2. The molecule has 324 valence electrons. The number of allylic oxidation sites excluding steroid dienone is 10. The maximum Gasteiger partial charge on any atom is 0.472 e. The van der Waals surface area contributed by atoms with Crippen molar-refractivity contribution in [2.75, 3.05) is 47.5 Å². The Morgan fingerprint density at radius 2 is 0.982 bits per heavy atom. The van der Waals surface area contributed by atoms with Gasteiger partial charge in [-0.25, -0.2) is 4.57 Å². The fourth-order valence-corrected chi connectivity index (χ4v) is 6.27. The number of quaternary nitrogens is 1. The van der Waals surface area contributed by atoms with Crippen LogP contribution < -0.4 is 0 Å². The van der Waals surface area contributed by atoms with Crippen molar-refractivity contribution in [3.8, 4) is 0 Å². The minimum Gasteiger partial charge on any atom is -0.462 e. The molecule has 0 aliphatic rings. The minimum atomic E-state index is -4.39. The Balaban J connectivity index is 4.50. The zero-order valence-electron chi connectivity index (χ0n) is 36.3. The summed E-state index contributed by atoms with van der Waals surface area (Å²) in [6, 6.07) is 0. The number of nitrogens with zero attached hydrogens (tertiary/aromatic N) is 1. The zero-order valence-corrected chi connectivity index (χ0v) is 37.2. The second kappa shape index (κ2) is 38.2. The van der Waals surface area contributed by atoms with Gasteiger partial charge in [-0.3, -0.25) is 18.6 Å². The summed E-state index contributed by atoms with van der Waals surface area (Å²) in [5, 5.41) is 0. The SMILES string of the molecule is CCCCC/C=C/C/C=C/C/C=C/C/C=C/CCCC(=O)O[C@H](COC(=O)CCCCC/C=C/CCCCCCCCCC)COP(=O)(O)OCC[N+](C)(C)C. The number of hydrogen-bond donors (Lipinski definition) is 1. The monoisotopic (exact) mass is 809 g/mol. The molecule has 0 aliphatic carbocycles. The number of likely N-dealkylation sites (N-methyl/N-ethyl adjacent to an activating group) is 1. The molecule has 0 heterocycles. The fourth-order valence-electron chi connectivity index (χ4n) is 5.53. The highest BCUT2D eigenvalue weighted by atomic mass is 31.2. The molecule has 0 aromatic carbocycles. The third kappa shape index (κ3) is 41.3. The van der Waals surface area contributed by atoms with Crippen molar-refractivity contribution in [1.29, 1.82) is 0 Å². The Morgan fingerprint density at radius 1 is 0.554 bits per heavy atom. The van der Waals surface area contributed by atoms with Gasteiger partial charge in [-0.05, 0) is 77.0 Å². The van der Waals surface area contributed by atoms with E-state index in [0.717, 1.165) is 44.9 Å². The first-order chi connectivity index (χ1) is 27.0. The third-order valence-corrected chi connectivity index (χ3v) is 10.0. The summed E-state index contributed by atoms with van der Waals surface area (Å²) < 4.78 is 34.2. The van der Waals surface area contributed by atoms with Crippen molar-refractivity contribution in [1.82, 2.24) is 0 Å². The highest BCUT2D eigenvalue weighted by molar-refractivity contribution is 7.47. The van der Waals surface area contributed by atoms with Crippen LogP contribution >= 0.6 is 7.82 Å². The maximum absolute atomic E-state index is 12.7. The lowest BCUT2D eigenvalue weighted by atomic mass is 10.1. The smallest absolute Gasteiger partial charge is 0.462 e. The minimum absolute atomic E-state index is 0.0171. The van der Waals surface area contributed by atoms with Crippen LogP contribution in [0.2, 0.25) is 0 Å². The third-order valence-electron chi connectivity index (χ3n) is 9.02. The van der Waals surface area contributed by atoms with E-state index in [2.05, 4.69) is 68.5 Å². The molecule has 2 atom stereocenters. The summed E-state index contributed by atoms with van der Waals surface area (Å²) in [5.41, 5.74) is 0. The van der Waals surface area contributed by atoms with E-state index >= 15 is 0 Å². The molecule has 56 heavy (non-hydrogen) atoms. The van der Waals surface area contributed by atoms with E-state index in [1.54, 1.807) is 0 Å². The van der Waals surface area contributed by atoms with Gasteiger partial charge in [0.25, 0.3) is 0 Å². The van der Waals surface area contributed by atoms with Gasteiger partial charge in [0.15, 0.2) is 6.10 Å². The second-order valence-electron chi connectivity index (χ2n) is 15.7. The standard InChI is InChI=1S/C46H82NO8P/c1-6-8-10-12-14-16-18-20-22-23-25-27-29-31-33-35-37-39-46(49)55-44(43-54-56(50,51)53-41-40-47(3,4)5)42-52-45(48)38-36-34-32-30-28-26-24-21-19-17-15-13-11-9-7-2/h14,16,20,22,25-28,31,33,44H,6-13,15,17-19,21,23-24,29-30,32,34-43H2,1-5H3/p+1/b16-14+,22-20+,27-25+,28-26+,33-31+/t44-/m1/s1. The molecule has 0 aromatic heterocycles. The van der Waals surface area contributed by atoms with Gasteiger partial charge in [0.1, 0.15) is 19.8 Å². The highest BCUT2D eigenvalue weighted by Crippen LogP contribution is 2.43. The lowest BCUT2D eigenvalue weighted by molar-refractivity contribution is -0.870. The largest absolute Gasteiger partial charge is 0.472 e. The number of phosphoric ester groups is 1. The molecule has 9 nitrogen and oxygen atoms in total. The van der Waals surface area contributed by atoms with Crippen LogP contribution in [0, 0.1) is 0 Å². The van der Waals surface area contributed by atoms with Crippen LogP contribution in [0.3, 0.4) is 0 Å². The molecule has 0 aromatic rings. The lowest BCUT2D eigenvalue weighted by Gasteiger charge is -2.24. The molecular formula is C46H83NO8P+. The molecule has 0 amide bonds. The van der Waals surface area contributed by atoms with Crippen LogP contribution in [0.15, 0.2) is 60.8 Å². The molecule has 0 radical (unpaired) electrons. The molecule has 0 saturated heterocycles. The summed E-state index contributed by atoms with van der Waals surface area (Å²) in [6.07, 6.45) is 45.6. The van der Waals surface area contributed by atoms with E-state index in [1.165, 1.54) is 77.0 Å². The van der Waals surface area contributed by atoms with Crippen LogP contribution in [0.5, 0.6) is 0 Å². The van der Waals surface area contributed by atoms with Crippen LogP contribution in [0.4, 0.5) is 0 Å². The van der Waals surface area contributed by atoms with E-state index in [-0.39, 0.29) is 26.1 Å². The number of hydrogen-bond acceptors (Lipinski definition) is 7. The quantitative estimate of drug-likeness (QED) is 0.0215. The van der Waals surface area contributed by atoms with Crippen LogP contribution in [0.1, 0.15) is 168 Å². The molecule has 0 bridgehead atoms. The van der Waals surface area contributed by atoms with Crippen LogP contribution in [-0.4, -0.2) is 74.9 Å². The van der Waals surface area contributed by atoms with Crippen molar-refractivity contribution >= 4 is 19.8 Å². The molecule has 0 saturated carbocycles. The Hall–Kier alpha value is -2.29. The van der Waals surface area contributed by atoms with Gasteiger partial charge in [-0.2, -0.15) is 0 Å². The van der Waals surface area contributed by atoms with Crippen LogP contribution in [-0.2, 0) is 32.7 Å². The maximum atomic E-state index is 12.7. The number of esters is 2. The Kier molecular flexibility index (Phi) is 36.7. The summed E-state index contributed by atoms with van der Waals surface area (Å²) >= 11 is 0. The van der Waals surface area contributed by atoms with Gasteiger partial charge >= 0.3 is 19.8 Å². The summed E-state index contributed by atoms with van der Waals surface area (Å²) in [5.74, 6) is -0.886. The van der Waals surface area contributed by atoms with Crippen LogP contribution in [0.25, 0.3) is 0 Å². The topological polar surface area (TPSA) is 108 Å². The van der Waals surface area contributed by atoms with Gasteiger partial charge in [0.2, 0.25) is 0 Å². The zero-order chi connectivity index (χ0) is 41.4. The summed E-state index contributed by atoms with van der Waals surface area (Å²) in [6.45, 7) is 4.30. The van der Waals surface area contributed by atoms with E-state index < -0.39 is 32.5 Å². The predicted molar refractivity (Wildman–Crippen MR) is 233 cm³/mol. The molecule has 1 N–H and O–H groups in total. The number of rotatable bonds is 39. The van der Waals surface area contributed by atoms with Crippen molar-refractivity contribution in [3.63, 3.8) is 0 Å². The summed E-state index contributed by atoms with van der Waals surface area (Å²) in [4.78, 5) is 35.3. The van der Waals surface area contributed by atoms with Crippen molar-refractivity contribution < 1.29 is 42.1 Å². The predicted octanol–water partition coefficient (Wildman–Crippen LogP) is 12.5. The first kappa shape index (κ1) is 53.7. The molecule has 0 aliphatic heterocycles. The number of phosphoric acid groups is 1. The first-order valence-corrected chi connectivity index (χ1v) is 23.5. The average molecular weight is 809 g/mol. The summed E-state index contributed by atoms with van der Waals surface area (Å²) in [7, 11) is 1.43. The van der Waals surface area contributed by atoms with E-state index in [9.17, 15) is 19.0 Å². The van der Waals surface area contributed by atoms with Gasteiger partial charge in [0, 0.05) is 12.8 Å². The highest BCUT2D eigenvalue weighted by Gasteiger charge is 2.27. The fraction of sp³-hybridized carbons (Fsp3) is 0.739. The molecule has 0 fully saturated rings. The number of carbonyl (C=O) groups excluding carboxylic acids is 2. The van der Waals surface area contributed by atoms with E-state index in [1.807, 2.05) is 27.2 Å². The number of unbranched alkanes of at least 4 members (excludes halogenated alkanes) is 15. The van der Waals surface area contributed by atoms with Crippen molar-refractivity contribution in [3.05, 3.63) is 60.8 Å². The van der Waals surface area contributed by atoms with Gasteiger partial charge in [0.05, 0.1) is 27.7 Å². The van der Waals surface area contributed by atoms with Gasteiger partial charge in [-0.15, -0.1) is 0 Å². The van der Waals surface area contributed by atoms with E-state index in [4.69, 9.17) is 18.5 Å². The molecule has 10 heteroatoms. The molecule has 1 unspecified atom stereocenters. The van der Waals surface area contributed by atoms with Gasteiger partial charge < -0.3 is 18.9 Å². The molecular weight excluding hydrogens is 725 g/mol. The lowest BCUT2D eigenvalue weighted by Crippen LogP contribution is -2.37. The Labute approximate surface area is 343 Å². The first-order valence-electron chi connectivity index (χ1n) is 22.0. The Morgan fingerprint density at radius 3 is 1.54 bits per heavy atom. The van der Waals surface area contributed by atoms with Crippen molar-refractivity contribution in [2.24, 2.45) is 0 Å².